The molecule has 0 radical (unpaired) electrons. The van der Waals surface area contributed by atoms with Gasteiger partial charge in [-0.15, -0.1) is 0 Å². The topological polar surface area (TPSA) is 74.5 Å². The highest BCUT2D eigenvalue weighted by Crippen LogP contribution is 2.21. The van der Waals surface area contributed by atoms with Gasteiger partial charge in [0.05, 0.1) is 0 Å². The largest absolute Gasteiger partial charge is 0.339 e. The first-order valence-corrected chi connectivity index (χ1v) is 11.7. The Morgan fingerprint density at radius 3 is 2.39 bits per heavy atom. The highest BCUT2D eigenvalue weighted by Gasteiger charge is 2.14. The van der Waals surface area contributed by atoms with Crippen LogP contribution in [-0.2, 0) is 17.8 Å². The molecule has 2 heterocycles. The van der Waals surface area contributed by atoms with E-state index in [0.29, 0.717) is 24.1 Å². The third kappa shape index (κ3) is 6.49. The van der Waals surface area contributed by atoms with Gasteiger partial charge in [0, 0.05) is 56.8 Å². The minimum absolute atomic E-state index is 0.0668. The molecule has 1 aromatic heterocycles. The molecule has 7 nitrogen and oxygen atoms in total. The van der Waals surface area contributed by atoms with E-state index in [4.69, 9.17) is 4.52 Å². The molecule has 3 aromatic rings. The van der Waals surface area contributed by atoms with Crippen LogP contribution in [0.4, 0.5) is 5.69 Å². The van der Waals surface area contributed by atoms with Crippen molar-refractivity contribution < 1.29 is 9.32 Å². The van der Waals surface area contributed by atoms with Crippen LogP contribution in [0.1, 0.15) is 43.2 Å². The van der Waals surface area contributed by atoms with Gasteiger partial charge in [-0.1, -0.05) is 55.4 Å². The summed E-state index contributed by atoms with van der Waals surface area (Å²) in [6.45, 7) is 9.68. The van der Waals surface area contributed by atoms with Crippen molar-refractivity contribution in [3.63, 3.8) is 0 Å². The van der Waals surface area contributed by atoms with Gasteiger partial charge < -0.3 is 14.7 Å². The lowest BCUT2D eigenvalue weighted by Gasteiger charge is -2.32. The van der Waals surface area contributed by atoms with Crippen molar-refractivity contribution in [2.45, 2.75) is 39.2 Å². The van der Waals surface area contributed by atoms with E-state index in [1.807, 2.05) is 24.3 Å². The summed E-state index contributed by atoms with van der Waals surface area (Å²) in [4.78, 5) is 21.6. The van der Waals surface area contributed by atoms with E-state index < -0.39 is 0 Å². The quantitative estimate of drug-likeness (QED) is 0.558. The summed E-state index contributed by atoms with van der Waals surface area (Å²) in [5.41, 5.74) is 4.25. The fourth-order valence-corrected chi connectivity index (χ4v) is 3.89. The zero-order valence-electron chi connectivity index (χ0n) is 19.8. The van der Waals surface area contributed by atoms with Gasteiger partial charge in [-0.05, 0) is 36.2 Å². The summed E-state index contributed by atoms with van der Waals surface area (Å²) in [7, 11) is 2.16. The van der Waals surface area contributed by atoms with E-state index in [1.54, 1.807) is 0 Å². The van der Waals surface area contributed by atoms with E-state index in [9.17, 15) is 4.79 Å². The van der Waals surface area contributed by atoms with Crippen LogP contribution < -0.4 is 5.32 Å². The smallest absolute Gasteiger partial charge is 0.227 e. The molecule has 1 saturated heterocycles. The monoisotopic (exact) mass is 447 g/mol. The summed E-state index contributed by atoms with van der Waals surface area (Å²) in [6, 6.07) is 16.3. The molecule has 174 valence electrons. The van der Waals surface area contributed by atoms with Gasteiger partial charge >= 0.3 is 0 Å². The SMILES string of the molecule is CC(C)c1ccc(-c2noc(CCC(=O)Nc3ccc(CN4CCN(C)CC4)cc3)n2)cc1. The van der Waals surface area contributed by atoms with Gasteiger partial charge in [0.25, 0.3) is 0 Å². The molecule has 0 unspecified atom stereocenters. The lowest BCUT2D eigenvalue weighted by Crippen LogP contribution is -2.43. The Morgan fingerprint density at radius 1 is 1.03 bits per heavy atom. The molecular weight excluding hydrogens is 414 g/mol. The highest BCUT2D eigenvalue weighted by atomic mass is 16.5. The number of piperazine rings is 1. The zero-order chi connectivity index (χ0) is 23.2. The maximum atomic E-state index is 12.4. The minimum Gasteiger partial charge on any atom is -0.339 e. The van der Waals surface area contributed by atoms with Gasteiger partial charge in [0.15, 0.2) is 0 Å². The van der Waals surface area contributed by atoms with Gasteiger partial charge in [0.2, 0.25) is 17.6 Å². The third-order valence-corrected chi connectivity index (χ3v) is 6.11. The maximum Gasteiger partial charge on any atom is 0.227 e. The minimum atomic E-state index is -0.0668. The van der Waals surface area contributed by atoms with Crippen molar-refractivity contribution in [2.75, 3.05) is 38.5 Å². The van der Waals surface area contributed by atoms with E-state index in [-0.39, 0.29) is 12.3 Å². The molecule has 2 aromatic carbocycles. The van der Waals surface area contributed by atoms with Crippen LogP contribution in [-0.4, -0.2) is 59.1 Å². The first-order chi connectivity index (χ1) is 16.0. The van der Waals surface area contributed by atoms with Crippen LogP contribution in [0.3, 0.4) is 0 Å². The van der Waals surface area contributed by atoms with Gasteiger partial charge in [-0.2, -0.15) is 4.98 Å². The molecule has 1 aliphatic rings. The number of hydrogen-bond acceptors (Lipinski definition) is 6. The fourth-order valence-electron chi connectivity index (χ4n) is 3.89. The molecule has 0 spiro atoms. The molecule has 1 amide bonds. The highest BCUT2D eigenvalue weighted by molar-refractivity contribution is 5.90. The number of likely N-dealkylation sites (N-methyl/N-ethyl adjacent to an activating group) is 1. The van der Waals surface area contributed by atoms with Crippen LogP contribution in [0.15, 0.2) is 53.1 Å². The molecule has 0 bridgehead atoms. The predicted octanol–water partition coefficient (Wildman–Crippen LogP) is 4.18. The maximum absolute atomic E-state index is 12.4. The van der Waals surface area contributed by atoms with Crippen LogP contribution in [0.2, 0.25) is 0 Å². The van der Waals surface area contributed by atoms with Crippen molar-refractivity contribution in [1.82, 2.24) is 19.9 Å². The summed E-state index contributed by atoms with van der Waals surface area (Å²) >= 11 is 0. The summed E-state index contributed by atoms with van der Waals surface area (Å²) in [5.74, 6) is 1.43. The van der Waals surface area contributed by atoms with Crippen LogP contribution in [0.25, 0.3) is 11.4 Å². The van der Waals surface area contributed by atoms with Crippen LogP contribution in [0.5, 0.6) is 0 Å². The number of nitrogens with one attached hydrogen (secondary N) is 1. The summed E-state index contributed by atoms with van der Waals surface area (Å²) in [6.07, 6.45) is 0.696. The van der Waals surface area contributed by atoms with Crippen molar-refractivity contribution in [1.29, 1.82) is 0 Å². The number of carbonyl (C=O) groups excluding carboxylic acids is 1. The second-order valence-corrected chi connectivity index (χ2v) is 9.11. The Hall–Kier alpha value is -3.03. The average Bonchev–Trinajstić information content (AvgIpc) is 3.30. The lowest BCUT2D eigenvalue weighted by atomic mass is 10.0. The van der Waals surface area contributed by atoms with Crippen molar-refractivity contribution in [3.05, 3.63) is 65.5 Å². The molecule has 4 rings (SSSR count). The molecule has 0 saturated carbocycles. The zero-order valence-corrected chi connectivity index (χ0v) is 19.8. The number of hydrogen-bond donors (Lipinski definition) is 1. The van der Waals surface area contributed by atoms with Gasteiger partial charge in [0.1, 0.15) is 0 Å². The Kier molecular flexibility index (Phi) is 7.52. The third-order valence-electron chi connectivity index (χ3n) is 6.11. The van der Waals surface area contributed by atoms with Gasteiger partial charge in [-0.3, -0.25) is 9.69 Å². The average molecular weight is 448 g/mol. The Bertz CT molecular complexity index is 1040. The summed E-state index contributed by atoms with van der Waals surface area (Å²) in [5, 5.41) is 7.02. The molecular formula is C26H33N5O2. The van der Waals surface area contributed by atoms with Gasteiger partial charge in [-0.25, -0.2) is 0 Å². The molecule has 7 heteroatoms. The number of aryl methyl sites for hydroxylation is 1. The number of aromatic nitrogens is 2. The Labute approximate surface area is 195 Å². The standard InChI is InChI=1S/C26H33N5O2/c1-19(2)21-6-8-22(9-7-21)26-28-25(33-29-26)13-12-24(32)27-23-10-4-20(5-11-23)18-31-16-14-30(3)15-17-31/h4-11,19H,12-18H2,1-3H3,(H,27,32). The number of carbonyl (C=O) groups is 1. The molecule has 1 N–H and O–H groups in total. The second kappa shape index (κ2) is 10.7. The number of nitrogens with zero attached hydrogens (tertiary/aromatic N) is 4. The Morgan fingerprint density at radius 2 is 1.73 bits per heavy atom. The van der Waals surface area contributed by atoms with Crippen LogP contribution in [0, 0.1) is 0 Å². The Balaban J connectivity index is 1.24. The van der Waals surface area contributed by atoms with Crippen molar-refractivity contribution in [3.8, 4) is 11.4 Å². The molecule has 33 heavy (non-hydrogen) atoms. The number of rotatable bonds is 8. The van der Waals surface area contributed by atoms with E-state index in [0.717, 1.165) is 44.0 Å². The van der Waals surface area contributed by atoms with Crippen LogP contribution >= 0.6 is 0 Å². The fraction of sp³-hybridized carbons (Fsp3) is 0.423. The normalized spacial score (nSPS) is 15.2. The van der Waals surface area contributed by atoms with E-state index >= 15 is 0 Å². The second-order valence-electron chi connectivity index (χ2n) is 9.11. The molecule has 1 fully saturated rings. The lowest BCUT2D eigenvalue weighted by molar-refractivity contribution is -0.116. The molecule has 0 aliphatic carbocycles. The van der Waals surface area contributed by atoms with E-state index in [1.165, 1.54) is 11.1 Å². The van der Waals surface area contributed by atoms with E-state index in [2.05, 4.69) is 70.4 Å². The molecule has 1 aliphatic heterocycles. The number of anilines is 1. The summed E-state index contributed by atoms with van der Waals surface area (Å²) < 4.78 is 5.34. The number of amides is 1. The molecule has 0 atom stereocenters. The first kappa shape index (κ1) is 23.1. The first-order valence-electron chi connectivity index (χ1n) is 11.7. The predicted molar refractivity (Wildman–Crippen MR) is 130 cm³/mol. The van der Waals surface area contributed by atoms with Crippen molar-refractivity contribution in [2.24, 2.45) is 0 Å². The van der Waals surface area contributed by atoms with Crippen molar-refractivity contribution >= 4 is 11.6 Å². The number of benzene rings is 2.